The average molecular weight is 270 g/mol. The van der Waals surface area contributed by atoms with Crippen LogP contribution in [-0.2, 0) is 0 Å². The lowest BCUT2D eigenvalue weighted by Gasteiger charge is -2.29. The number of ether oxygens (including phenoxy) is 1. The van der Waals surface area contributed by atoms with Crippen molar-refractivity contribution in [2.45, 2.75) is 45.1 Å². The Hall–Kier alpha value is -1.77. The molecule has 0 saturated heterocycles. The van der Waals surface area contributed by atoms with Gasteiger partial charge in [-0.3, -0.25) is 4.98 Å². The Morgan fingerprint density at radius 2 is 2.20 bits per heavy atom. The molecule has 2 unspecified atom stereocenters. The fourth-order valence-corrected chi connectivity index (χ4v) is 3.17. The molecule has 20 heavy (non-hydrogen) atoms. The number of anilines is 1. The number of benzene rings is 1. The predicted molar refractivity (Wildman–Crippen MR) is 82.8 cm³/mol. The maximum Gasteiger partial charge on any atom is 0.143 e. The van der Waals surface area contributed by atoms with Gasteiger partial charge in [0.15, 0.2) is 0 Å². The molecule has 1 heterocycles. The Morgan fingerprint density at radius 3 is 3.05 bits per heavy atom. The third kappa shape index (κ3) is 2.58. The second kappa shape index (κ2) is 5.70. The van der Waals surface area contributed by atoms with Gasteiger partial charge in [-0.15, -0.1) is 0 Å². The van der Waals surface area contributed by atoms with Crippen molar-refractivity contribution in [3.63, 3.8) is 0 Å². The van der Waals surface area contributed by atoms with E-state index in [-0.39, 0.29) is 0 Å². The van der Waals surface area contributed by atoms with Gasteiger partial charge in [0.1, 0.15) is 5.75 Å². The molecule has 1 saturated carbocycles. The van der Waals surface area contributed by atoms with Crippen LogP contribution in [0.3, 0.4) is 0 Å². The first kappa shape index (κ1) is 13.2. The molecule has 1 aromatic heterocycles. The summed E-state index contributed by atoms with van der Waals surface area (Å²) in [6.45, 7) is 2.27. The summed E-state index contributed by atoms with van der Waals surface area (Å²) in [5, 5.41) is 2.09. The Labute approximate surface area is 120 Å². The number of aromatic nitrogens is 1. The number of pyridine rings is 1. The highest BCUT2D eigenvalue weighted by Crippen LogP contribution is 2.34. The number of nitrogens with zero attached hydrogens (tertiary/aromatic N) is 1. The molecule has 0 aliphatic heterocycles. The maximum atomic E-state index is 6.25. The van der Waals surface area contributed by atoms with E-state index >= 15 is 0 Å². The molecule has 1 aliphatic rings. The molecule has 2 aromatic rings. The van der Waals surface area contributed by atoms with E-state index < -0.39 is 0 Å². The summed E-state index contributed by atoms with van der Waals surface area (Å²) in [5.74, 6) is 1.63. The first-order valence-electron chi connectivity index (χ1n) is 7.56. The van der Waals surface area contributed by atoms with Crippen LogP contribution in [0.4, 0.5) is 5.69 Å². The summed E-state index contributed by atoms with van der Waals surface area (Å²) in [5.41, 5.74) is 6.99. The third-order valence-corrected chi connectivity index (χ3v) is 4.43. The van der Waals surface area contributed by atoms with Gasteiger partial charge < -0.3 is 10.5 Å². The molecule has 3 heteroatoms. The maximum absolute atomic E-state index is 6.25. The molecular formula is C17H22N2O. The van der Waals surface area contributed by atoms with Gasteiger partial charge in [-0.2, -0.15) is 0 Å². The third-order valence-electron chi connectivity index (χ3n) is 4.43. The summed E-state index contributed by atoms with van der Waals surface area (Å²) >= 11 is 0. The smallest absolute Gasteiger partial charge is 0.143 e. The Kier molecular flexibility index (Phi) is 3.77. The zero-order chi connectivity index (χ0) is 13.9. The normalized spacial score (nSPS) is 22.9. The lowest BCUT2D eigenvalue weighted by molar-refractivity contribution is 0.123. The van der Waals surface area contributed by atoms with Crippen LogP contribution < -0.4 is 10.5 Å². The Morgan fingerprint density at radius 1 is 1.30 bits per heavy atom. The minimum absolute atomic E-state index is 0.315. The van der Waals surface area contributed by atoms with Crippen LogP contribution in [0.15, 0.2) is 30.6 Å². The van der Waals surface area contributed by atoms with E-state index in [0.717, 1.165) is 41.0 Å². The number of nitrogens with two attached hydrogens (primary N) is 1. The van der Waals surface area contributed by atoms with Crippen LogP contribution in [0, 0.1) is 5.92 Å². The van der Waals surface area contributed by atoms with E-state index in [0.29, 0.717) is 6.10 Å². The van der Waals surface area contributed by atoms with Gasteiger partial charge in [0.25, 0.3) is 0 Å². The molecule has 3 rings (SSSR count). The summed E-state index contributed by atoms with van der Waals surface area (Å²) in [7, 11) is 0. The van der Waals surface area contributed by atoms with E-state index in [1.165, 1.54) is 19.3 Å². The SMILES string of the molecule is CCC1CCCC(Oc2ccc3cnccc3c2N)C1. The molecule has 1 aliphatic carbocycles. The molecule has 1 aromatic carbocycles. The van der Waals surface area contributed by atoms with Crippen molar-refractivity contribution in [2.75, 3.05) is 5.73 Å². The number of nitrogen functional groups attached to an aromatic ring is 1. The summed E-state index contributed by atoms with van der Waals surface area (Å²) < 4.78 is 6.18. The lowest BCUT2D eigenvalue weighted by Crippen LogP contribution is -2.25. The van der Waals surface area contributed by atoms with Crippen molar-refractivity contribution in [2.24, 2.45) is 5.92 Å². The number of fused-ring (bicyclic) bond motifs is 1. The second-order valence-corrected chi connectivity index (χ2v) is 5.75. The fourth-order valence-electron chi connectivity index (χ4n) is 3.17. The molecule has 1 fully saturated rings. The molecule has 2 N–H and O–H groups in total. The van der Waals surface area contributed by atoms with Gasteiger partial charge in [-0.05, 0) is 43.4 Å². The largest absolute Gasteiger partial charge is 0.488 e. The van der Waals surface area contributed by atoms with Crippen LogP contribution in [0.5, 0.6) is 5.75 Å². The number of hydrogen-bond donors (Lipinski definition) is 1. The first-order valence-corrected chi connectivity index (χ1v) is 7.56. The Balaban J connectivity index is 1.82. The van der Waals surface area contributed by atoms with E-state index in [2.05, 4.69) is 11.9 Å². The van der Waals surface area contributed by atoms with Gasteiger partial charge >= 0.3 is 0 Å². The van der Waals surface area contributed by atoms with Crippen molar-refractivity contribution in [3.8, 4) is 5.75 Å². The van der Waals surface area contributed by atoms with E-state index in [9.17, 15) is 0 Å². The summed E-state index contributed by atoms with van der Waals surface area (Å²) in [6, 6.07) is 5.97. The van der Waals surface area contributed by atoms with Crippen molar-refractivity contribution in [1.29, 1.82) is 0 Å². The van der Waals surface area contributed by atoms with Crippen molar-refractivity contribution >= 4 is 16.5 Å². The van der Waals surface area contributed by atoms with Crippen LogP contribution in [0.1, 0.15) is 39.0 Å². The van der Waals surface area contributed by atoms with E-state index in [1.54, 1.807) is 6.20 Å². The molecule has 2 atom stereocenters. The first-order chi connectivity index (χ1) is 9.78. The molecule has 0 amide bonds. The lowest BCUT2D eigenvalue weighted by atomic mass is 9.85. The quantitative estimate of drug-likeness (QED) is 0.852. The second-order valence-electron chi connectivity index (χ2n) is 5.75. The molecule has 0 bridgehead atoms. The summed E-state index contributed by atoms with van der Waals surface area (Å²) in [6.07, 6.45) is 10.1. The molecular weight excluding hydrogens is 248 g/mol. The van der Waals surface area contributed by atoms with Crippen LogP contribution in [-0.4, -0.2) is 11.1 Å². The van der Waals surface area contributed by atoms with Gasteiger partial charge in [0.05, 0.1) is 11.8 Å². The monoisotopic (exact) mass is 270 g/mol. The number of hydrogen-bond acceptors (Lipinski definition) is 3. The molecule has 0 radical (unpaired) electrons. The van der Waals surface area contributed by atoms with Gasteiger partial charge in [-0.1, -0.05) is 19.8 Å². The highest BCUT2D eigenvalue weighted by atomic mass is 16.5. The van der Waals surface area contributed by atoms with Crippen LogP contribution >= 0.6 is 0 Å². The van der Waals surface area contributed by atoms with Crippen LogP contribution in [0.25, 0.3) is 10.8 Å². The van der Waals surface area contributed by atoms with Crippen molar-refractivity contribution in [3.05, 3.63) is 30.6 Å². The van der Waals surface area contributed by atoms with E-state index in [1.807, 2.05) is 24.4 Å². The Bertz CT molecular complexity index is 597. The topological polar surface area (TPSA) is 48.1 Å². The summed E-state index contributed by atoms with van der Waals surface area (Å²) in [4.78, 5) is 4.12. The predicted octanol–water partition coefficient (Wildman–Crippen LogP) is 4.16. The van der Waals surface area contributed by atoms with Gasteiger partial charge in [-0.25, -0.2) is 0 Å². The number of rotatable bonds is 3. The molecule has 106 valence electrons. The van der Waals surface area contributed by atoms with Gasteiger partial charge in [0.2, 0.25) is 0 Å². The molecule has 0 spiro atoms. The zero-order valence-electron chi connectivity index (χ0n) is 12.0. The highest BCUT2D eigenvalue weighted by molar-refractivity contribution is 5.95. The van der Waals surface area contributed by atoms with Crippen molar-refractivity contribution < 1.29 is 4.74 Å². The minimum Gasteiger partial charge on any atom is -0.488 e. The van der Waals surface area contributed by atoms with Crippen LogP contribution in [0.2, 0.25) is 0 Å². The minimum atomic E-state index is 0.315. The standard InChI is InChI=1S/C17H22N2O/c1-2-12-4-3-5-14(10-12)20-16-7-6-13-11-19-9-8-15(13)17(16)18/h6-9,11-12,14H,2-5,10,18H2,1H3. The fraction of sp³-hybridized carbons (Fsp3) is 0.471. The highest BCUT2D eigenvalue weighted by Gasteiger charge is 2.22. The molecule has 3 nitrogen and oxygen atoms in total. The average Bonchev–Trinajstić information content (AvgIpc) is 2.50. The van der Waals surface area contributed by atoms with Gasteiger partial charge in [0, 0.05) is 23.2 Å². The zero-order valence-corrected chi connectivity index (χ0v) is 12.0. The van der Waals surface area contributed by atoms with E-state index in [4.69, 9.17) is 10.5 Å². The van der Waals surface area contributed by atoms with Crippen molar-refractivity contribution in [1.82, 2.24) is 4.98 Å².